The summed E-state index contributed by atoms with van der Waals surface area (Å²) in [6, 6.07) is 15.4. The fraction of sp³-hybridized carbons (Fsp3) is 0.514. The Morgan fingerprint density at radius 1 is 1.13 bits per heavy atom. The van der Waals surface area contributed by atoms with E-state index in [4.69, 9.17) is 16.3 Å². The molecule has 1 heterocycles. The molecule has 0 bridgehead atoms. The average molecular weight is 635 g/mol. The fourth-order valence-electron chi connectivity index (χ4n) is 8.33. The van der Waals surface area contributed by atoms with Crippen molar-refractivity contribution in [3.8, 4) is 5.75 Å². The second-order valence-corrected chi connectivity index (χ2v) is 14.3. The van der Waals surface area contributed by atoms with Gasteiger partial charge in [0.2, 0.25) is 0 Å². The van der Waals surface area contributed by atoms with Gasteiger partial charge in [-0.1, -0.05) is 49.7 Å². The topological polar surface area (TPSA) is 91.7 Å². The number of nitrogens with one attached hydrogen (secondary N) is 1. The van der Waals surface area contributed by atoms with Crippen LogP contribution < -0.4 is 10.1 Å². The normalized spacial score (nSPS) is 28.6. The van der Waals surface area contributed by atoms with E-state index in [0.29, 0.717) is 61.0 Å². The lowest BCUT2D eigenvalue weighted by Gasteiger charge is -2.47. The second kappa shape index (κ2) is 12.6. The van der Waals surface area contributed by atoms with Crippen LogP contribution in [0.2, 0.25) is 5.02 Å². The minimum Gasteiger partial charge on any atom is -0.493 e. The number of halogens is 2. The molecule has 5 atom stereocenters. The first-order valence-corrected chi connectivity index (χ1v) is 16.7. The lowest BCUT2D eigenvalue weighted by molar-refractivity contribution is -0.144. The van der Waals surface area contributed by atoms with Crippen molar-refractivity contribution < 1.29 is 24.1 Å². The maximum absolute atomic E-state index is 14.7. The molecule has 240 valence electrons. The van der Waals surface area contributed by atoms with E-state index in [1.807, 2.05) is 24.3 Å². The van der Waals surface area contributed by atoms with Crippen LogP contribution in [0.3, 0.4) is 0 Å². The summed E-state index contributed by atoms with van der Waals surface area (Å²) >= 11 is 6.23. The van der Waals surface area contributed by atoms with Gasteiger partial charge in [0.25, 0.3) is 0 Å². The Labute approximate surface area is 270 Å². The van der Waals surface area contributed by atoms with Crippen molar-refractivity contribution in [3.63, 3.8) is 0 Å². The van der Waals surface area contributed by atoms with E-state index in [1.165, 1.54) is 11.1 Å². The van der Waals surface area contributed by atoms with Crippen LogP contribution in [0.4, 0.5) is 10.1 Å². The number of anilines is 1. The third kappa shape index (κ3) is 6.06. The smallest absolute Gasteiger partial charge is 0.329 e. The molecule has 1 aromatic heterocycles. The van der Waals surface area contributed by atoms with E-state index in [1.54, 1.807) is 25.3 Å². The summed E-state index contributed by atoms with van der Waals surface area (Å²) < 4.78 is 21.1. The number of aliphatic carboxylic acids is 1. The highest BCUT2D eigenvalue weighted by molar-refractivity contribution is 6.30. The maximum atomic E-state index is 14.7. The first-order valence-electron chi connectivity index (χ1n) is 16.4. The van der Waals surface area contributed by atoms with Gasteiger partial charge in [0.1, 0.15) is 17.5 Å². The van der Waals surface area contributed by atoms with Gasteiger partial charge in [-0.25, -0.2) is 9.18 Å². The Hall–Kier alpha value is -3.16. The Balaban J connectivity index is 1.24. The van der Waals surface area contributed by atoms with Gasteiger partial charge in [0.05, 0.1) is 18.4 Å². The largest absolute Gasteiger partial charge is 0.493 e. The van der Waals surface area contributed by atoms with Gasteiger partial charge in [-0.3, -0.25) is 4.98 Å². The predicted molar refractivity (Wildman–Crippen MR) is 175 cm³/mol. The number of aliphatic hydroxyl groups excluding tert-OH is 1. The van der Waals surface area contributed by atoms with Crippen molar-refractivity contribution in [3.05, 3.63) is 87.7 Å². The predicted octanol–water partition coefficient (Wildman–Crippen LogP) is 8.72. The molecule has 3 aliphatic rings. The van der Waals surface area contributed by atoms with Gasteiger partial charge in [-0.15, -0.1) is 0 Å². The molecule has 3 aliphatic carbocycles. The number of ether oxygens (including phenoxy) is 1. The zero-order chi connectivity index (χ0) is 31.9. The first kappa shape index (κ1) is 31.8. The van der Waals surface area contributed by atoms with Crippen molar-refractivity contribution in [2.75, 3.05) is 11.9 Å². The van der Waals surface area contributed by atoms with Crippen LogP contribution in [0.1, 0.15) is 112 Å². The summed E-state index contributed by atoms with van der Waals surface area (Å²) in [6.45, 7) is 6.62. The van der Waals surface area contributed by atoms with E-state index < -0.39 is 23.8 Å². The number of carbonyl (C=O) groups is 1. The number of carboxylic acids is 1. The Morgan fingerprint density at radius 3 is 2.62 bits per heavy atom. The summed E-state index contributed by atoms with van der Waals surface area (Å²) in [5.41, 5.74) is 4.27. The van der Waals surface area contributed by atoms with E-state index in [-0.39, 0.29) is 17.3 Å². The molecule has 3 aromatic rings. The minimum absolute atomic E-state index is 0.199. The molecule has 3 N–H and O–H groups in total. The number of pyridine rings is 1. The Morgan fingerprint density at radius 2 is 1.91 bits per heavy atom. The maximum Gasteiger partial charge on any atom is 0.329 e. The minimum atomic E-state index is -1.09. The number of aromatic nitrogens is 1. The summed E-state index contributed by atoms with van der Waals surface area (Å²) in [4.78, 5) is 17.2. The van der Waals surface area contributed by atoms with Crippen LogP contribution in [0, 0.1) is 11.8 Å². The van der Waals surface area contributed by atoms with Crippen molar-refractivity contribution in [2.45, 2.75) is 101 Å². The second-order valence-electron chi connectivity index (χ2n) is 13.9. The molecule has 6 rings (SSSR count). The molecule has 0 aliphatic heterocycles. The fourth-order valence-corrected chi connectivity index (χ4v) is 8.52. The number of benzene rings is 2. The van der Waals surface area contributed by atoms with Crippen LogP contribution >= 0.6 is 11.6 Å². The lowest BCUT2D eigenvalue weighted by Crippen LogP contribution is -2.53. The summed E-state index contributed by atoms with van der Waals surface area (Å²) in [5.74, 6) is 0.616. The molecule has 1 spiro atoms. The van der Waals surface area contributed by atoms with E-state index >= 15 is 0 Å². The van der Waals surface area contributed by atoms with Gasteiger partial charge < -0.3 is 20.3 Å². The SMILES string of the molecule is C[C@@H](COc1ccnc2c1[C@H](C)CC[C@H]2F)C[C@H]1Cc2ccc([C@@H](C)O)cc2C12CCC(Nc1cccc(Cl)c1)(C(=O)O)CC2. The van der Waals surface area contributed by atoms with Crippen molar-refractivity contribution in [1.82, 2.24) is 4.98 Å². The highest BCUT2D eigenvalue weighted by atomic mass is 35.5. The van der Waals surface area contributed by atoms with Crippen LogP contribution in [0.25, 0.3) is 0 Å². The molecule has 6 nitrogen and oxygen atoms in total. The van der Waals surface area contributed by atoms with E-state index in [0.717, 1.165) is 36.1 Å². The molecule has 0 radical (unpaired) electrons. The van der Waals surface area contributed by atoms with Crippen LogP contribution in [0.5, 0.6) is 5.75 Å². The zero-order valence-electron chi connectivity index (χ0n) is 26.4. The van der Waals surface area contributed by atoms with E-state index in [2.05, 4.69) is 36.3 Å². The molecule has 2 aromatic carbocycles. The number of hydrogen-bond acceptors (Lipinski definition) is 5. The number of fused-ring (bicyclic) bond motifs is 3. The van der Waals surface area contributed by atoms with Gasteiger partial charge >= 0.3 is 5.97 Å². The highest BCUT2D eigenvalue weighted by Crippen LogP contribution is 2.56. The molecule has 0 unspecified atom stereocenters. The van der Waals surface area contributed by atoms with Crippen LogP contribution in [-0.4, -0.2) is 33.3 Å². The number of nitrogens with zero attached hydrogens (tertiary/aromatic N) is 1. The Kier molecular flexibility index (Phi) is 8.88. The van der Waals surface area contributed by atoms with Gasteiger partial charge in [0.15, 0.2) is 0 Å². The molecule has 1 saturated carbocycles. The summed E-state index contributed by atoms with van der Waals surface area (Å²) in [5, 5.41) is 24.9. The number of rotatable bonds is 9. The lowest BCUT2D eigenvalue weighted by atomic mass is 9.59. The number of aliphatic hydroxyl groups is 1. The van der Waals surface area contributed by atoms with Gasteiger partial charge in [-0.05, 0) is 122 Å². The number of alkyl halides is 1. The van der Waals surface area contributed by atoms with E-state index in [9.17, 15) is 19.4 Å². The number of carboxylic acid groups (broad SMARTS) is 1. The molecule has 8 heteroatoms. The third-order valence-corrected chi connectivity index (χ3v) is 11.1. The first-order chi connectivity index (χ1) is 21.5. The quantitative estimate of drug-likeness (QED) is 0.218. The standard InChI is InChI=1S/C37H44ClFN2O4/c1-22(21-45-32-11-16-40-34-31(39)10-7-23(2)33(32)34)17-27-18-26-9-8-25(24(3)42)19-30(26)36(27)12-14-37(15-13-36,35(43)44)41-29-6-4-5-28(38)20-29/h4-6,8-9,11,16,19-20,22-24,27,31,41-42H,7,10,12-15,17-18,21H2,1-3H3,(H,43,44)/t22-,23-,24-,27+,31-,36?,37?/m1/s1. The summed E-state index contributed by atoms with van der Waals surface area (Å²) in [6.07, 6.45) is 5.51. The molecule has 0 saturated heterocycles. The number of hydrogen-bond donors (Lipinski definition) is 3. The van der Waals surface area contributed by atoms with Crippen molar-refractivity contribution >= 4 is 23.3 Å². The third-order valence-electron chi connectivity index (χ3n) is 10.8. The van der Waals surface area contributed by atoms with Gasteiger partial charge in [0, 0.05) is 22.5 Å². The average Bonchev–Trinajstić information content (AvgIpc) is 3.30. The van der Waals surface area contributed by atoms with Crippen LogP contribution in [0.15, 0.2) is 54.7 Å². The zero-order valence-corrected chi connectivity index (χ0v) is 27.1. The molecule has 0 amide bonds. The highest BCUT2D eigenvalue weighted by Gasteiger charge is 2.54. The van der Waals surface area contributed by atoms with Crippen LogP contribution in [-0.2, 0) is 16.6 Å². The Bertz CT molecular complexity index is 1550. The monoisotopic (exact) mass is 634 g/mol. The summed E-state index contributed by atoms with van der Waals surface area (Å²) in [7, 11) is 0. The molecule has 45 heavy (non-hydrogen) atoms. The van der Waals surface area contributed by atoms with Crippen molar-refractivity contribution in [1.29, 1.82) is 0 Å². The molecular weight excluding hydrogens is 591 g/mol. The van der Waals surface area contributed by atoms with Gasteiger partial charge in [-0.2, -0.15) is 0 Å². The van der Waals surface area contributed by atoms with Crippen molar-refractivity contribution in [2.24, 2.45) is 11.8 Å². The molecule has 1 fully saturated rings. The molecular formula is C37H44ClFN2O4.